The maximum Gasteiger partial charge on any atom is 0.299 e. The Labute approximate surface area is 122 Å². The van der Waals surface area contributed by atoms with Gasteiger partial charge in [-0.2, -0.15) is 0 Å². The van der Waals surface area contributed by atoms with Crippen molar-refractivity contribution in [3.05, 3.63) is 65.2 Å². The Bertz CT molecular complexity index is 608. The number of carbonyl (C=O) groups is 2. The molecule has 0 fully saturated rings. The monoisotopic (exact) mass is 287 g/mol. The number of amides is 1. The molecular formula is C16H14ClNO2. The van der Waals surface area contributed by atoms with Crippen molar-refractivity contribution < 1.29 is 9.59 Å². The predicted octanol–water partition coefficient (Wildman–Crippen LogP) is 3.58. The van der Waals surface area contributed by atoms with Gasteiger partial charge in [-0.1, -0.05) is 41.9 Å². The molecule has 2 rings (SSSR count). The lowest BCUT2D eigenvalue weighted by Crippen LogP contribution is -2.36. The molecule has 2 aromatic carbocycles. The Hall–Kier alpha value is -2.13. The second-order valence-electron chi connectivity index (χ2n) is 4.22. The van der Waals surface area contributed by atoms with Crippen LogP contribution in [0.5, 0.6) is 0 Å². The summed E-state index contributed by atoms with van der Waals surface area (Å²) in [6.07, 6.45) is 0. The van der Waals surface area contributed by atoms with Gasteiger partial charge in [-0.25, -0.2) is 0 Å². The number of hydrogen-bond acceptors (Lipinski definition) is 2. The van der Waals surface area contributed by atoms with Gasteiger partial charge in [0.2, 0.25) is 0 Å². The van der Waals surface area contributed by atoms with Gasteiger partial charge >= 0.3 is 0 Å². The molecule has 0 saturated carbocycles. The van der Waals surface area contributed by atoms with Gasteiger partial charge in [-0.05, 0) is 31.2 Å². The third-order valence-electron chi connectivity index (χ3n) is 2.93. The summed E-state index contributed by atoms with van der Waals surface area (Å²) in [5.41, 5.74) is 1.05. The predicted molar refractivity (Wildman–Crippen MR) is 80.3 cm³/mol. The summed E-state index contributed by atoms with van der Waals surface area (Å²) < 4.78 is 0. The average molecular weight is 288 g/mol. The first-order chi connectivity index (χ1) is 9.63. The number of ketones is 1. The third kappa shape index (κ3) is 3.06. The van der Waals surface area contributed by atoms with Crippen LogP contribution in [0.4, 0.5) is 5.69 Å². The molecule has 0 saturated heterocycles. The van der Waals surface area contributed by atoms with Gasteiger partial charge in [0, 0.05) is 22.8 Å². The molecule has 3 nitrogen and oxygen atoms in total. The average Bonchev–Trinajstić information content (AvgIpc) is 2.50. The fourth-order valence-corrected chi connectivity index (χ4v) is 2.03. The van der Waals surface area contributed by atoms with Gasteiger partial charge in [-0.3, -0.25) is 9.59 Å². The number of halogens is 1. The van der Waals surface area contributed by atoms with E-state index in [9.17, 15) is 9.59 Å². The molecule has 0 radical (unpaired) electrons. The van der Waals surface area contributed by atoms with Crippen LogP contribution < -0.4 is 4.90 Å². The fourth-order valence-electron chi connectivity index (χ4n) is 1.90. The Balaban J connectivity index is 2.26. The van der Waals surface area contributed by atoms with Crippen LogP contribution in [0.15, 0.2) is 54.6 Å². The SMILES string of the molecule is CCN(C(=O)C(=O)c1ccccc1)c1ccc(Cl)cc1. The Kier molecular flexibility index (Phi) is 4.53. The van der Waals surface area contributed by atoms with Crippen LogP contribution in [-0.2, 0) is 4.79 Å². The molecular weight excluding hydrogens is 274 g/mol. The minimum absolute atomic E-state index is 0.393. The van der Waals surface area contributed by atoms with E-state index in [2.05, 4.69) is 0 Å². The van der Waals surface area contributed by atoms with Crippen LogP contribution in [0.1, 0.15) is 17.3 Å². The number of nitrogens with zero attached hydrogens (tertiary/aromatic N) is 1. The van der Waals surface area contributed by atoms with Gasteiger partial charge in [0.05, 0.1) is 0 Å². The highest BCUT2D eigenvalue weighted by atomic mass is 35.5. The number of carbonyl (C=O) groups excluding carboxylic acids is 2. The van der Waals surface area contributed by atoms with Crippen LogP contribution >= 0.6 is 11.6 Å². The molecule has 0 aliphatic carbocycles. The van der Waals surface area contributed by atoms with Crippen LogP contribution in [0.2, 0.25) is 5.02 Å². The highest BCUT2D eigenvalue weighted by Gasteiger charge is 2.23. The van der Waals surface area contributed by atoms with E-state index in [4.69, 9.17) is 11.6 Å². The van der Waals surface area contributed by atoms with Crippen molar-refractivity contribution in [1.29, 1.82) is 0 Å². The van der Waals surface area contributed by atoms with E-state index in [1.165, 1.54) is 4.90 Å². The Morgan fingerprint density at radius 2 is 1.60 bits per heavy atom. The maximum absolute atomic E-state index is 12.3. The van der Waals surface area contributed by atoms with E-state index in [0.29, 0.717) is 22.8 Å². The van der Waals surface area contributed by atoms with Gasteiger partial charge < -0.3 is 4.90 Å². The van der Waals surface area contributed by atoms with Crippen molar-refractivity contribution in [2.45, 2.75) is 6.92 Å². The van der Waals surface area contributed by atoms with E-state index in [-0.39, 0.29) is 0 Å². The van der Waals surface area contributed by atoms with Crippen LogP contribution in [0, 0.1) is 0 Å². The fraction of sp³-hybridized carbons (Fsp3) is 0.125. The highest BCUT2D eigenvalue weighted by molar-refractivity contribution is 6.47. The Morgan fingerprint density at radius 1 is 1.00 bits per heavy atom. The summed E-state index contributed by atoms with van der Waals surface area (Å²) in [5.74, 6) is -1.05. The number of likely N-dealkylation sites (N-methyl/N-ethyl adjacent to an activating group) is 1. The molecule has 0 aliphatic heterocycles. The number of anilines is 1. The lowest BCUT2D eigenvalue weighted by atomic mass is 10.1. The van der Waals surface area contributed by atoms with Gasteiger partial charge in [0.25, 0.3) is 11.7 Å². The lowest BCUT2D eigenvalue weighted by molar-refractivity contribution is -0.114. The van der Waals surface area contributed by atoms with Crippen molar-refractivity contribution in [3.63, 3.8) is 0 Å². The Morgan fingerprint density at radius 3 is 2.15 bits per heavy atom. The number of hydrogen-bond donors (Lipinski definition) is 0. The summed E-state index contributed by atoms with van der Waals surface area (Å²) in [6.45, 7) is 2.24. The molecule has 4 heteroatoms. The molecule has 0 heterocycles. The summed E-state index contributed by atoms with van der Waals surface area (Å²) in [5, 5.41) is 0.589. The second kappa shape index (κ2) is 6.35. The minimum atomic E-state index is -0.541. The standard InChI is InChI=1S/C16H14ClNO2/c1-2-18(14-10-8-13(17)9-11-14)16(20)15(19)12-6-4-3-5-7-12/h3-11H,2H2,1H3. The van der Waals surface area contributed by atoms with Gasteiger partial charge in [0.15, 0.2) is 0 Å². The number of rotatable bonds is 4. The van der Waals surface area contributed by atoms with E-state index in [1.54, 1.807) is 54.6 Å². The van der Waals surface area contributed by atoms with Gasteiger partial charge in [-0.15, -0.1) is 0 Å². The van der Waals surface area contributed by atoms with Crippen molar-refractivity contribution in [3.8, 4) is 0 Å². The molecule has 20 heavy (non-hydrogen) atoms. The lowest BCUT2D eigenvalue weighted by Gasteiger charge is -2.20. The normalized spacial score (nSPS) is 10.1. The van der Waals surface area contributed by atoms with Gasteiger partial charge in [0.1, 0.15) is 0 Å². The zero-order valence-corrected chi connectivity index (χ0v) is 11.8. The summed E-state index contributed by atoms with van der Waals surface area (Å²) in [6, 6.07) is 15.4. The molecule has 102 valence electrons. The molecule has 2 aromatic rings. The smallest absolute Gasteiger partial charge is 0.299 e. The first kappa shape index (κ1) is 14.3. The molecule has 0 N–H and O–H groups in total. The molecule has 1 amide bonds. The van der Waals surface area contributed by atoms with E-state index in [0.717, 1.165) is 0 Å². The summed E-state index contributed by atoms with van der Waals surface area (Å²) >= 11 is 5.83. The molecule has 0 aromatic heterocycles. The van der Waals surface area contributed by atoms with Crippen LogP contribution in [0.3, 0.4) is 0 Å². The first-order valence-electron chi connectivity index (χ1n) is 6.30. The second-order valence-corrected chi connectivity index (χ2v) is 4.66. The number of benzene rings is 2. The van der Waals surface area contributed by atoms with Crippen LogP contribution in [-0.4, -0.2) is 18.2 Å². The first-order valence-corrected chi connectivity index (χ1v) is 6.68. The van der Waals surface area contributed by atoms with E-state index in [1.807, 2.05) is 6.92 Å². The summed E-state index contributed by atoms with van der Waals surface area (Å²) in [7, 11) is 0. The van der Waals surface area contributed by atoms with Crippen molar-refractivity contribution in [2.24, 2.45) is 0 Å². The van der Waals surface area contributed by atoms with Crippen LogP contribution in [0.25, 0.3) is 0 Å². The molecule has 0 aliphatic rings. The molecule has 0 atom stereocenters. The third-order valence-corrected chi connectivity index (χ3v) is 3.18. The molecule has 0 spiro atoms. The minimum Gasteiger partial charge on any atom is -0.306 e. The van der Waals surface area contributed by atoms with E-state index < -0.39 is 11.7 Å². The highest BCUT2D eigenvalue weighted by Crippen LogP contribution is 2.19. The van der Waals surface area contributed by atoms with E-state index >= 15 is 0 Å². The topological polar surface area (TPSA) is 37.4 Å². The van der Waals surface area contributed by atoms with Crippen molar-refractivity contribution in [2.75, 3.05) is 11.4 Å². The number of Topliss-reactive ketones (excluding diaryl/α,β-unsaturated/α-hetero) is 1. The van der Waals surface area contributed by atoms with Crippen molar-refractivity contribution >= 4 is 29.0 Å². The van der Waals surface area contributed by atoms with Crippen molar-refractivity contribution in [1.82, 2.24) is 0 Å². The zero-order chi connectivity index (χ0) is 14.5. The zero-order valence-electron chi connectivity index (χ0n) is 11.0. The molecule has 0 bridgehead atoms. The quantitative estimate of drug-likeness (QED) is 0.637. The largest absolute Gasteiger partial charge is 0.306 e. The molecule has 0 unspecified atom stereocenters. The summed E-state index contributed by atoms with van der Waals surface area (Å²) in [4.78, 5) is 25.9. The maximum atomic E-state index is 12.3.